The molecule has 1 aliphatic carbocycles. The molecule has 0 spiro atoms. The number of alkyl halides is 1. The Bertz CT molecular complexity index is 559. The molecule has 4 heteroatoms. The predicted octanol–water partition coefficient (Wildman–Crippen LogP) is 4.51. The highest BCUT2D eigenvalue weighted by Crippen LogP contribution is 2.45. The van der Waals surface area contributed by atoms with Gasteiger partial charge in [-0.05, 0) is 37.3 Å². The molecule has 1 aromatic carbocycles. The van der Waals surface area contributed by atoms with Gasteiger partial charge in [-0.2, -0.15) is 0 Å². The SMILES string of the molecule is CCC(I)(C1CCCCC1)n1nnc2ccccc21. The lowest BCUT2D eigenvalue weighted by atomic mass is 9.83. The van der Waals surface area contributed by atoms with Gasteiger partial charge in [-0.25, -0.2) is 4.68 Å². The van der Waals surface area contributed by atoms with Gasteiger partial charge in [0.2, 0.25) is 0 Å². The average Bonchev–Trinajstić information content (AvgIpc) is 2.92. The van der Waals surface area contributed by atoms with Crippen molar-refractivity contribution in [1.29, 1.82) is 0 Å². The molecule has 0 aliphatic heterocycles. The lowest BCUT2D eigenvalue weighted by Crippen LogP contribution is -2.36. The van der Waals surface area contributed by atoms with Gasteiger partial charge in [-0.3, -0.25) is 0 Å². The molecule has 2 aromatic rings. The number of rotatable bonds is 3. The molecule has 0 N–H and O–H groups in total. The van der Waals surface area contributed by atoms with Gasteiger partial charge in [-0.1, -0.05) is 66.1 Å². The van der Waals surface area contributed by atoms with E-state index in [9.17, 15) is 0 Å². The number of aromatic nitrogens is 3. The molecule has 1 atom stereocenters. The van der Waals surface area contributed by atoms with Gasteiger partial charge >= 0.3 is 0 Å². The monoisotopic (exact) mass is 369 g/mol. The third-order valence-electron chi connectivity index (χ3n) is 4.43. The summed E-state index contributed by atoms with van der Waals surface area (Å²) in [7, 11) is 0. The molecule has 19 heavy (non-hydrogen) atoms. The van der Waals surface area contributed by atoms with Gasteiger partial charge in [-0.15, -0.1) is 5.10 Å². The van der Waals surface area contributed by atoms with Crippen molar-refractivity contribution in [3.63, 3.8) is 0 Å². The van der Waals surface area contributed by atoms with Crippen LogP contribution in [-0.2, 0) is 3.55 Å². The summed E-state index contributed by atoms with van der Waals surface area (Å²) < 4.78 is 2.26. The third kappa shape index (κ3) is 2.28. The Hall–Kier alpha value is -0.650. The van der Waals surface area contributed by atoms with Crippen molar-refractivity contribution in [2.75, 3.05) is 0 Å². The maximum absolute atomic E-state index is 4.47. The zero-order valence-electron chi connectivity index (χ0n) is 11.3. The lowest BCUT2D eigenvalue weighted by Gasteiger charge is -2.37. The minimum absolute atomic E-state index is 0.0777. The van der Waals surface area contributed by atoms with Crippen LogP contribution in [0.25, 0.3) is 11.0 Å². The van der Waals surface area contributed by atoms with Crippen LogP contribution in [0.4, 0.5) is 0 Å². The van der Waals surface area contributed by atoms with E-state index in [1.54, 1.807) is 0 Å². The zero-order chi connectivity index (χ0) is 13.3. The molecule has 102 valence electrons. The molecule has 1 aliphatic rings. The molecule has 1 fully saturated rings. The molecule has 0 saturated heterocycles. The molecule has 3 rings (SSSR count). The van der Waals surface area contributed by atoms with E-state index < -0.39 is 0 Å². The first-order chi connectivity index (χ1) is 9.25. The van der Waals surface area contributed by atoms with Crippen molar-refractivity contribution in [1.82, 2.24) is 15.0 Å². The second-order valence-corrected chi connectivity index (χ2v) is 7.37. The molecule has 1 aromatic heterocycles. The van der Waals surface area contributed by atoms with Crippen LogP contribution in [0.5, 0.6) is 0 Å². The van der Waals surface area contributed by atoms with E-state index in [0.29, 0.717) is 0 Å². The van der Waals surface area contributed by atoms with Crippen molar-refractivity contribution in [2.24, 2.45) is 5.92 Å². The average molecular weight is 369 g/mol. The van der Waals surface area contributed by atoms with Crippen molar-refractivity contribution >= 4 is 33.6 Å². The van der Waals surface area contributed by atoms with Crippen LogP contribution in [0, 0.1) is 5.92 Å². The van der Waals surface area contributed by atoms with E-state index in [2.05, 4.69) is 56.6 Å². The van der Waals surface area contributed by atoms with Crippen molar-refractivity contribution < 1.29 is 0 Å². The Kier molecular flexibility index (Phi) is 3.78. The number of nitrogens with zero attached hydrogens (tertiary/aromatic N) is 3. The Morgan fingerprint density at radius 1 is 1.26 bits per heavy atom. The maximum Gasteiger partial charge on any atom is 0.118 e. The number of halogens is 1. The second kappa shape index (κ2) is 5.38. The number of fused-ring (bicyclic) bond motifs is 1. The van der Waals surface area contributed by atoms with Crippen LogP contribution in [0.3, 0.4) is 0 Å². The number of para-hydroxylation sites is 1. The van der Waals surface area contributed by atoms with E-state index in [-0.39, 0.29) is 3.55 Å². The summed E-state index contributed by atoms with van der Waals surface area (Å²) in [6.45, 7) is 2.28. The third-order valence-corrected chi connectivity index (χ3v) is 6.53. The van der Waals surface area contributed by atoms with E-state index in [1.807, 2.05) is 12.1 Å². The first-order valence-corrected chi connectivity index (χ1v) is 8.33. The van der Waals surface area contributed by atoms with Crippen LogP contribution in [0.1, 0.15) is 45.4 Å². The molecule has 0 amide bonds. The molecule has 3 nitrogen and oxygen atoms in total. The van der Waals surface area contributed by atoms with E-state index in [1.165, 1.54) is 37.6 Å². The van der Waals surface area contributed by atoms with Crippen molar-refractivity contribution in [3.8, 4) is 0 Å². The smallest absolute Gasteiger partial charge is 0.118 e. The summed E-state index contributed by atoms with van der Waals surface area (Å²) in [5, 5.41) is 8.81. The van der Waals surface area contributed by atoms with Gasteiger partial charge < -0.3 is 0 Å². The highest BCUT2D eigenvalue weighted by Gasteiger charge is 2.38. The molecule has 0 radical (unpaired) electrons. The number of benzene rings is 1. The number of hydrogen-bond donors (Lipinski definition) is 0. The summed E-state index contributed by atoms with van der Waals surface area (Å²) in [4.78, 5) is 0. The first kappa shape index (κ1) is 13.3. The fraction of sp³-hybridized carbons (Fsp3) is 0.600. The van der Waals surface area contributed by atoms with Crippen LogP contribution < -0.4 is 0 Å². The van der Waals surface area contributed by atoms with Crippen LogP contribution in [-0.4, -0.2) is 15.0 Å². The Morgan fingerprint density at radius 3 is 2.74 bits per heavy atom. The zero-order valence-corrected chi connectivity index (χ0v) is 13.5. The maximum atomic E-state index is 4.47. The van der Waals surface area contributed by atoms with Gasteiger partial charge in [0.25, 0.3) is 0 Å². The van der Waals surface area contributed by atoms with Crippen LogP contribution in [0.15, 0.2) is 24.3 Å². The van der Waals surface area contributed by atoms with Gasteiger partial charge in [0.15, 0.2) is 0 Å². The van der Waals surface area contributed by atoms with E-state index in [4.69, 9.17) is 0 Å². The molecular weight excluding hydrogens is 349 g/mol. The highest BCUT2D eigenvalue weighted by atomic mass is 127. The summed E-state index contributed by atoms with van der Waals surface area (Å²) in [6.07, 6.45) is 7.87. The van der Waals surface area contributed by atoms with Crippen LogP contribution >= 0.6 is 22.6 Å². The quantitative estimate of drug-likeness (QED) is 0.589. The standard InChI is InChI=1S/C15H20IN3/c1-2-15(16,12-8-4-3-5-9-12)19-14-11-7-6-10-13(14)17-18-19/h6-7,10-12H,2-5,8-9H2,1H3. The highest BCUT2D eigenvalue weighted by molar-refractivity contribution is 14.1. The fourth-order valence-corrected chi connectivity index (χ4v) is 4.28. The molecular formula is C15H20IN3. The minimum Gasteiger partial charge on any atom is -0.228 e. The summed E-state index contributed by atoms with van der Waals surface area (Å²) in [5.41, 5.74) is 2.18. The van der Waals surface area contributed by atoms with E-state index in [0.717, 1.165) is 17.9 Å². The van der Waals surface area contributed by atoms with E-state index >= 15 is 0 Å². The summed E-state index contributed by atoms with van der Waals surface area (Å²) >= 11 is 2.63. The largest absolute Gasteiger partial charge is 0.228 e. The van der Waals surface area contributed by atoms with Crippen LogP contribution in [0.2, 0.25) is 0 Å². The lowest BCUT2D eigenvalue weighted by molar-refractivity contribution is 0.214. The van der Waals surface area contributed by atoms with Gasteiger partial charge in [0, 0.05) is 0 Å². The normalized spacial score (nSPS) is 20.5. The molecule has 0 bridgehead atoms. The molecule has 1 unspecified atom stereocenters. The summed E-state index contributed by atoms with van der Waals surface area (Å²) in [5.74, 6) is 0.719. The minimum atomic E-state index is 0.0777. The van der Waals surface area contributed by atoms with Crippen molar-refractivity contribution in [2.45, 2.75) is 49.0 Å². The molecule has 1 saturated carbocycles. The molecule has 1 heterocycles. The predicted molar refractivity (Wildman–Crippen MR) is 86.4 cm³/mol. The van der Waals surface area contributed by atoms with Gasteiger partial charge in [0.1, 0.15) is 9.06 Å². The number of hydrogen-bond acceptors (Lipinski definition) is 2. The topological polar surface area (TPSA) is 30.7 Å². The Morgan fingerprint density at radius 2 is 2.00 bits per heavy atom. The fourth-order valence-electron chi connectivity index (χ4n) is 3.30. The van der Waals surface area contributed by atoms with Crippen molar-refractivity contribution in [3.05, 3.63) is 24.3 Å². The summed E-state index contributed by atoms with van der Waals surface area (Å²) in [6, 6.07) is 8.30. The first-order valence-electron chi connectivity index (χ1n) is 7.25. The second-order valence-electron chi connectivity index (χ2n) is 5.50. The Balaban J connectivity index is 2.05. The van der Waals surface area contributed by atoms with Gasteiger partial charge in [0.05, 0.1) is 5.52 Å². The Labute approximate surface area is 127 Å².